The first-order valence-corrected chi connectivity index (χ1v) is 10.1. The van der Waals surface area contributed by atoms with Crippen molar-refractivity contribution in [2.75, 3.05) is 39.9 Å². The first-order valence-electron chi connectivity index (χ1n) is 10.1. The Kier molecular flexibility index (Phi) is 9.18. The van der Waals surface area contributed by atoms with Gasteiger partial charge in [0.15, 0.2) is 5.96 Å². The van der Waals surface area contributed by atoms with Crippen LogP contribution in [-0.4, -0.2) is 56.8 Å². The van der Waals surface area contributed by atoms with Gasteiger partial charge in [-0.05, 0) is 24.1 Å². The van der Waals surface area contributed by atoms with E-state index < -0.39 is 0 Å². The molecule has 0 spiro atoms. The lowest BCUT2D eigenvalue weighted by Crippen LogP contribution is -2.53. The van der Waals surface area contributed by atoms with Crippen molar-refractivity contribution in [3.05, 3.63) is 35.1 Å². The predicted molar refractivity (Wildman–Crippen MR) is 110 cm³/mol. The fraction of sp³-hybridized carbons (Fsp3) is 0.619. The second-order valence-corrected chi connectivity index (χ2v) is 7.02. The van der Waals surface area contributed by atoms with Gasteiger partial charge in [0.2, 0.25) is 0 Å². The third kappa shape index (κ3) is 6.18. The lowest BCUT2D eigenvalue weighted by molar-refractivity contribution is 0.00272. The van der Waals surface area contributed by atoms with Crippen LogP contribution >= 0.6 is 0 Å². The molecular formula is C21H32FN5O. The standard InChI is InChI=1S/C21H32FN5O/c1-4-17(5-2)20(27-8-10-28-11-9-27)15-26-21(24-3)25-14-18-12-16(13-23)6-7-19(18)22/h6-7,12,17,20H,4-5,8-11,14-15H2,1-3H3,(H2,24,25,26). The molecule has 0 saturated carbocycles. The monoisotopic (exact) mass is 389 g/mol. The summed E-state index contributed by atoms with van der Waals surface area (Å²) in [6.45, 7) is 8.96. The van der Waals surface area contributed by atoms with Crippen LogP contribution in [0, 0.1) is 23.1 Å². The fourth-order valence-electron chi connectivity index (χ4n) is 3.72. The Hall–Kier alpha value is -2.17. The molecule has 2 N–H and O–H groups in total. The lowest BCUT2D eigenvalue weighted by atomic mass is 9.92. The molecule has 28 heavy (non-hydrogen) atoms. The molecule has 1 aromatic carbocycles. The minimum absolute atomic E-state index is 0.272. The minimum Gasteiger partial charge on any atom is -0.379 e. The van der Waals surface area contributed by atoms with Crippen LogP contribution in [0.1, 0.15) is 37.8 Å². The Balaban J connectivity index is 1.97. The molecule has 1 aliphatic rings. The van der Waals surface area contributed by atoms with Gasteiger partial charge in [0.1, 0.15) is 5.82 Å². The fourth-order valence-corrected chi connectivity index (χ4v) is 3.72. The number of nitrogens with one attached hydrogen (secondary N) is 2. The molecule has 7 heteroatoms. The van der Waals surface area contributed by atoms with Crippen molar-refractivity contribution in [3.63, 3.8) is 0 Å². The van der Waals surface area contributed by atoms with Crippen LogP contribution in [0.15, 0.2) is 23.2 Å². The van der Waals surface area contributed by atoms with Crippen molar-refractivity contribution in [1.29, 1.82) is 5.26 Å². The first-order chi connectivity index (χ1) is 13.6. The van der Waals surface area contributed by atoms with Crippen LogP contribution in [0.4, 0.5) is 4.39 Å². The van der Waals surface area contributed by atoms with Gasteiger partial charge in [-0.1, -0.05) is 26.7 Å². The van der Waals surface area contributed by atoms with Crippen molar-refractivity contribution in [2.24, 2.45) is 10.9 Å². The molecule has 1 unspecified atom stereocenters. The van der Waals surface area contributed by atoms with E-state index in [0.717, 1.165) is 45.7 Å². The summed E-state index contributed by atoms with van der Waals surface area (Å²) in [5.41, 5.74) is 0.897. The van der Waals surface area contributed by atoms with Gasteiger partial charge in [0.05, 0.1) is 24.8 Å². The SMILES string of the molecule is CCC(CC)C(CNC(=NC)NCc1cc(C#N)ccc1F)N1CCOCC1. The Morgan fingerprint density at radius 3 is 2.61 bits per heavy atom. The van der Waals surface area contributed by atoms with E-state index in [1.54, 1.807) is 13.1 Å². The van der Waals surface area contributed by atoms with Crippen molar-refractivity contribution in [3.8, 4) is 6.07 Å². The second kappa shape index (κ2) is 11.6. The molecule has 1 heterocycles. The highest BCUT2D eigenvalue weighted by Gasteiger charge is 2.27. The number of benzene rings is 1. The number of aliphatic imine (C=N–C) groups is 1. The molecule has 1 aromatic rings. The first kappa shape index (κ1) is 22.1. The summed E-state index contributed by atoms with van der Waals surface area (Å²) in [7, 11) is 1.71. The number of ether oxygens (including phenoxy) is 1. The molecule has 1 atom stereocenters. The highest BCUT2D eigenvalue weighted by molar-refractivity contribution is 5.79. The average molecular weight is 390 g/mol. The minimum atomic E-state index is -0.329. The van der Waals surface area contributed by atoms with Gasteiger partial charge in [-0.2, -0.15) is 5.26 Å². The summed E-state index contributed by atoms with van der Waals surface area (Å²) in [6.07, 6.45) is 2.25. The van der Waals surface area contributed by atoms with Gasteiger partial charge < -0.3 is 15.4 Å². The van der Waals surface area contributed by atoms with Crippen LogP contribution in [0.5, 0.6) is 0 Å². The topological polar surface area (TPSA) is 72.7 Å². The zero-order valence-corrected chi connectivity index (χ0v) is 17.2. The van der Waals surface area contributed by atoms with Gasteiger partial charge in [0.25, 0.3) is 0 Å². The Bertz CT molecular complexity index is 678. The number of hydrogen-bond acceptors (Lipinski definition) is 4. The van der Waals surface area contributed by atoms with Crippen LogP contribution in [0.3, 0.4) is 0 Å². The van der Waals surface area contributed by atoms with Crippen LogP contribution in [0.25, 0.3) is 0 Å². The Morgan fingerprint density at radius 2 is 2.00 bits per heavy atom. The lowest BCUT2D eigenvalue weighted by Gasteiger charge is -2.39. The number of hydrogen-bond donors (Lipinski definition) is 2. The predicted octanol–water partition coefficient (Wildman–Crippen LogP) is 2.50. The maximum atomic E-state index is 14.0. The highest BCUT2D eigenvalue weighted by Crippen LogP contribution is 2.19. The van der Waals surface area contributed by atoms with E-state index in [0.29, 0.717) is 29.0 Å². The summed E-state index contributed by atoms with van der Waals surface area (Å²) >= 11 is 0. The summed E-state index contributed by atoms with van der Waals surface area (Å²) < 4.78 is 19.5. The maximum absolute atomic E-state index is 14.0. The Labute approximate surface area is 167 Å². The molecule has 0 amide bonds. The van der Waals surface area contributed by atoms with Crippen molar-refractivity contribution >= 4 is 5.96 Å². The second-order valence-electron chi connectivity index (χ2n) is 7.02. The molecule has 0 radical (unpaired) electrons. The van der Waals surface area contributed by atoms with Gasteiger partial charge in [-0.3, -0.25) is 9.89 Å². The smallest absolute Gasteiger partial charge is 0.191 e. The van der Waals surface area contributed by atoms with Crippen LogP contribution in [0.2, 0.25) is 0 Å². The number of nitriles is 1. The van der Waals surface area contributed by atoms with Crippen molar-refractivity contribution < 1.29 is 9.13 Å². The van der Waals surface area contributed by atoms with E-state index in [4.69, 9.17) is 10.00 Å². The van der Waals surface area contributed by atoms with Gasteiger partial charge in [-0.15, -0.1) is 0 Å². The molecule has 1 aliphatic heterocycles. The average Bonchev–Trinajstić information content (AvgIpc) is 2.74. The van der Waals surface area contributed by atoms with E-state index in [9.17, 15) is 4.39 Å². The highest BCUT2D eigenvalue weighted by atomic mass is 19.1. The maximum Gasteiger partial charge on any atom is 0.191 e. The largest absolute Gasteiger partial charge is 0.379 e. The number of morpholine rings is 1. The molecule has 1 fully saturated rings. The van der Waals surface area contributed by atoms with E-state index >= 15 is 0 Å². The number of rotatable bonds is 8. The molecule has 154 valence electrons. The summed E-state index contributed by atoms with van der Waals surface area (Å²) in [6, 6.07) is 6.81. The van der Waals surface area contributed by atoms with E-state index in [2.05, 4.69) is 34.4 Å². The zero-order valence-electron chi connectivity index (χ0n) is 17.2. The third-order valence-corrected chi connectivity index (χ3v) is 5.43. The molecule has 6 nitrogen and oxygen atoms in total. The zero-order chi connectivity index (χ0) is 20.4. The number of nitrogens with zero attached hydrogens (tertiary/aromatic N) is 3. The summed E-state index contributed by atoms with van der Waals surface area (Å²) in [4.78, 5) is 6.76. The van der Waals surface area contributed by atoms with Gasteiger partial charge >= 0.3 is 0 Å². The molecule has 0 bridgehead atoms. The summed E-state index contributed by atoms with van der Waals surface area (Å²) in [5, 5.41) is 15.6. The molecule has 0 aliphatic carbocycles. The van der Waals surface area contributed by atoms with Crippen molar-refractivity contribution in [2.45, 2.75) is 39.3 Å². The normalized spacial score (nSPS) is 16.6. The number of guanidine groups is 1. The molecule has 1 saturated heterocycles. The van der Waals surface area contributed by atoms with Crippen LogP contribution < -0.4 is 10.6 Å². The van der Waals surface area contributed by atoms with Gasteiger partial charge in [-0.25, -0.2) is 4.39 Å². The quantitative estimate of drug-likeness (QED) is 0.528. The van der Waals surface area contributed by atoms with Crippen molar-refractivity contribution in [1.82, 2.24) is 15.5 Å². The van der Waals surface area contributed by atoms with E-state index in [-0.39, 0.29) is 12.4 Å². The molecule has 0 aromatic heterocycles. The molecular weight excluding hydrogens is 357 g/mol. The van der Waals surface area contributed by atoms with E-state index in [1.165, 1.54) is 12.1 Å². The Morgan fingerprint density at radius 1 is 1.29 bits per heavy atom. The third-order valence-electron chi connectivity index (χ3n) is 5.43. The molecule has 2 rings (SSSR count). The van der Waals surface area contributed by atoms with Crippen LogP contribution in [-0.2, 0) is 11.3 Å². The number of halogens is 1. The van der Waals surface area contributed by atoms with Gasteiger partial charge in [0, 0.05) is 44.8 Å². The van der Waals surface area contributed by atoms with E-state index in [1.807, 2.05) is 6.07 Å². The summed E-state index contributed by atoms with van der Waals surface area (Å²) in [5.74, 6) is 0.893.